The van der Waals surface area contributed by atoms with Crippen LogP contribution in [0, 0.1) is 0 Å². The highest BCUT2D eigenvalue weighted by molar-refractivity contribution is 7.94. The summed E-state index contributed by atoms with van der Waals surface area (Å²) in [5.41, 5.74) is 0.610. The zero-order chi connectivity index (χ0) is 14.5. The van der Waals surface area contributed by atoms with Crippen molar-refractivity contribution >= 4 is 28.1 Å². The summed E-state index contributed by atoms with van der Waals surface area (Å²) < 4.78 is 23.3. The van der Waals surface area contributed by atoms with Crippen LogP contribution in [0.2, 0.25) is 0 Å². The summed E-state index contributed by atoms with van der Waals surface area (Å²) >= 11 is 0. The molecule has 0 bridgehead atoms. The van der Waals surface area contributed by atoms with E-state index in [0.29, 0.717) is 10.9 Å². The van der Waals surface area contributed by atoms with E-state index in [9.17, 15) is 8.42 Å². The Bertz CT molecular complexity index is 741. The predicted octanol–water partition coefficient (Wildman–Crippen LogP) is 1.80. The summed E-state index contributed by atoms with van der Waals surface area (Å²) in [6, 6.07) is 1.78. The topological polar surface area (TPSA) is 47.0 Å². The highest BCUT2D eigenvalue weighted by atomic mass is 32.2. The quantitative estimate of drug-likeness (QED) is 0.827. The fraction of sp³-hybridized carbons (Fsp3) is 0.133. The van der Waals surface area contributed by atoms with E-state index in [-0.39, 0.29) is 5.03 Å². The molecular weight excluding hydrogens is 258 g/mol. The Labute approximate surface area is 113 Å². The van der Waals surface area contributed by atoms with Gasteiger partial charge in [0.1, 0.15) is 0 Å². The summed E-state index contributed by atoms with van der Waals surface area (Å²) in [6.45, 7) is 11.2. The van der Waals surface area contributed by atoms with Gasteiger partial charge in [-0.3, -0.25) is 0 Å². The van der Waals surface area contributed by atoms with Gasteiger partial charge in [0.25, 0.3) is 0 Å². The number of allylic oxidation sites excluding steroid dienone is 2. The standard InChI is InChI=1S/C13H11NO2S.C2H6/c1-3-5-10-9-11-7-8-17(15,16)13(11)14-12(10)6-4-2;1-2/h3-9H,1-2H2;1-2H3/b10-5-,12-6+;. The minimum absolute atomic E-state index is 0.104. The van der Waals surface area contributed by atoms with Crippen molar-refractivity contribution in [1.29, 1.82) is 0 Å². The SMILES string of the molecule is C=C/C=c1/cc2c(n/c1=C/C=C)S(=O)(=O)C=C2.CC. The third kappa shape index (κ3) is 3.09. The molecule has 0 unspecified atom stereocenters. The Morgan fingerprint density at radius 3 is 2.37 bits per heavy atom. The first kappa shape index (κ1) is 15.1. The number of sulfone groups is 1. The van der Waals surface area contributed by atoms with E-state index in [1.54, 1.807) is 36.4 Å². The van der Waals surface area contributed by atoms with Gasteiger partial charge in [-0.05, 0) is 18.2 Å². The van der Waals surface area contributed by atoms with Gasteiger partial charge in [-0.2, -0.15) is 0 Å². The van der Waals surface area contributed by atoms with Crippen molar-refractivity contribution in [1.82, 2.24) is 4.98 Å². The van der Waals surface area contributed by atoms with E-state index >= 15 is 0 Å². The van der Waals surface area contributed by atoms with E-state index in [1.807, 2.05) is 13.8 Å². The molecule has 0 amide bonds. The molecule has 0 atom stereocenters. The van der Waals surface area contributed by atoms with Crippen LogP contribution in [0.15, 0.2) is 41.8 Å². The van der Waals surface area contributed by atoms with E-state index in [4.69, 9.17) is 0 Å². The second-order valence-electron chi connectivity index (χ2n) is 3.51. The molecule has 1 aromatic heterocycles. The van der Waals surface area contributed by atoms with Gasteiger partial charge >= 0.3 is 0 Å². The zero-order valence-electron chi connectivity index (χ0n) is 11.1. The average molecular weight is 275 g/mol. The molecule has 1 aromatic rings. The van der Waals surface area contributed by atoms with Gasteiger partial charge < -0.3 is 0 Å². The van der Waals surface area contributed by atoms with Crippen LogP contribution in [0.3, 0.4) is 0 Å². The summed E-state index contributed by atoms with van der Waals surface area (Å²) in [5, 5.41) is 2.66. The van der Waals surface area contributed by atoms with Crippen molar-refractivity contribution in [3.8, 4) is 0 Å². The molecule has 0 aliphatic carbocycles. The third-order valence-corrected chi connectivity index (χ3v) is 3.71. The number of nitrogens with zero attached hydrogens (tertiary/aromatic N) is 1. The van der Waals surface area contributed by atoms with Gasteiger partial charge in [-0.15, -0.1) is 0 Å². The summed E-state index contributed by atoms with van der Waals surface area (Å²) in [4.78, 5) is 4.16. The van der Waals surface area contributed by atoms with Crippen molar-refractivity contribution in [3.63, 3.8) is 0 Å². The summed E-state index contributed by atoms with van der Waals surface area (Å²) in [6.07, 6.45) is 8.21. The summed E-state index contributed by atoms with van der Waals surface area (Å²) in [5.74, 6) is 0. The van der Waals surface area contributed by atoms with Crippen molar-refractivity contribution in [2.24, 2.45) is 0 Å². The fourth-order valence-corrected chi connectivity index (χ4v) is 2.76. The number of fused-ring (bicyclic) bond motifs is 1. The van der Waals surface area contributed by atoms with Crippen molar-refractivity contribution in [2.75, 3.05) is 0 Å². The maximum atomic E-state index is 11.7. The predicted molar refractivity (Wildman–Crippen MR) is 80.4 cm³/mol. The molecule has 0 spiro atoms. The monoisotopic (exact) mass is 275 g/mol. The second-order valence-corrected chi connectivity index (χ2v) is 5.26. The van der Waals surface area contributed by atoms with Crippen LogP contribution < -0.4 is 10.6 Å². The maximum Gasteiger partial charge on any atom is 0.217 e. The Kier molecular flexibility index (Phi) is 5.01. The number of hydrogen-bond donors (Lipinski definition) is 0. The Balaban J connectivity index is 0.000000861. The molecule has 19 heavy (non-hydrogen) atoms. The Morgan fingerprint density at radius 2 is 1.79 bits per heavy atom. The fourth-order valence-electron chi connectivity index (χ4n) is 1.62. The molecule has 0 saturated heterocycles. The first-order chi connectivity index (χ1) is 9.08. The van der Waals surface area contributed by atoms with E-state index in [0.717, 1.165) is 5.22 Å². The number of rotatable bonds is 2. The van der Waals surface area contributed by atoms with Crippen LogP contribution in [0.25, 0.3) is 18.2 Å². The van der Waals surface area contributed by atoms with Crippen molar-refractivity contribution in [2.45, 2.75) is 18.9 Å². The first-order valence-electron chi connectivity index (χ1n) is 5.98. The van der Waals surface area contributed by atoms with Gasteiger partial charge in [0.2, 0.25) is 9.84 Å². The van der Waals surface area contributed by atoms with Gasteiger partial charge in [0, 0.05) is 16.2 Å². The minimum Gasteiger partial charge on any atom is -0.235 e. The van der Waals surface area contributed by atoms with Crippen LogP contribution in [0.1, 0.15) is 19.4 Å². The summed E-state index contributed by atoms with van der Waals surface area (Å²) in [7, 11) is -3.36. The molecule has 4 heteroatoms. The molecule has 0 radical (unpaired) electrons. The van der Waals surface area contributed by atoms with E-state index in [2.05, 4.69) is 18.1 Å². The highest BCUT2D eigenvalue weighted by Gasteiger charge is 2.22. The Hall–Kier alpha value is -1.94. The molecule has 2 rings (SSSR count). The van der Waals surface area contributed by atoms with Crippen LogP contribution in [0.4, 0.5) is 0 Å². The second kappa shape index (κ2) is 6.29. The van der Waals surface area contributed by atoms with Crippen LogP contribution in [-0.4, -0.2) is 13.4 Å². The molecule has 3 nitrogen and oxygen atoms in total. The molecule has 0 N–H and O–H groups in total. The maximum absolute atomic E-state index is 11.7. The third-order valence-electron chi connectivity index (χ3n) is 2.35. The lowest BCUT2D eigenvalue weighted by Gasteiger charge is -1.98. The van der Waals surface area contributed by atoms with Crippen molar-refractivity contribution in [3.05, 3.63) is 52.9 Å². The van der Waals surface area contributed by atoms with Gasteiger partial charge in [-0.1, -0.05) is 45.2 Å². The molecule has 1 aliphatic heterocycles. The van der Waals surface area contributed by atoms with E-state index in [1.165, 1.54) is 5.41 Å². The number of hydrogen-bond acceptors (Lipinski definition) is 3. The minimum atomic E-state index is -3.36. The molecule has 100 valence electrons. The van der Waals surface area contributed by atoms with Crippen LogP contribution >= 0.6 is 0 Å². The van der Waals surface area contributed by atoms with Crippen LogP contribution in [0.5, 0.6) is 0 Å². The smallest absolute Gasteiger partial charge is 0.217 e. The average Bonchev–Trinajstić information content (AvgIpc) is 2.69. The molecule has 0 aromatic carbocycles. The lowest BCUT2D eigenvalue weighted by atomic mass is 10.2. The number of aromatic nitrogens is 1. The molecule has 2 heterocycles. The molecule has 0 saturated carbocycles. The van der Waals surface area contributed by atoms with Gasteiger partial charge in [0.05, 0.1) is 5.35 Å². The van der Waals surface area contributed by atoms with E-state index < -0.39 is 9.84 Å². The lowest BCUT2D eigenvalue weighted by molar-refractivity contribution is 0.601. The van der Waals surface area contributed by atoms with Gasteiger partial charge in [0.15, 0.2) is 5.03 Å². The van der Waals surface area contributed by atoms with Gasteiger partial charge in [-0.25, -0.2) is 13.4 Å². The highest BCUT2D eigenvalue weighted by Crippen LogP contribution is 2.21. The Morgan fingerprint density at radius 1 is 1.16 bits per heavy atom. The molecular formula is C15H17NO2S. The number of pyridine rings is 1. The normalized spacial score (nSPS) is 16.5. The van der Waals surface area contributed by atoms with Crippen molar-refractivity contribution < 1.29 is 8.42 Å². The first-order valence-corrected chi connectivity index (χ1v) is 7.53. The lowest BCUT2D eigenvalue weighted by Crippen LogP contribution is -2.29. The largest absolute Gasteiger partial charge is 0.235 e. The zero-order valence-corrected chi connectivity index (χ0v) is 11.9. The molecule has 0 fully saturated rings. The van der Waals surface area contributed by atoms with Crippen LogP contribution in [-0.2, 0) is 9.84 Å². The molecule has 1 aliphatic rings.